The Hall–Kier alpha value is -2.59. The number of fused-ring (bicyclic) bond motifs is 1. The van der Waals surface area contributed by atoms with Gasteiger partial charge in [-0.05, 0) is 49.4 Å². The zero-order valence-corrected chi connectivity index (χ0v) is 14.9. The molecule has 4 rings (SSSR count). The minimum atomic E-state index is 0.0228. The highest BCUT2D eigenvalue weighted by atomic mass is 16.1. The Balaban J connectivity index is 1.42. The van der Waals surface area contributed by atoms with Crippen molar-refractivity contribution in [3.05, 3.63) is 71.9 Å². The van der Waals surface area contributed by atoms with Gasteiger partial charge in [-0.25, -0.2) is 0 Å². The Morgan fingerprint density at radius 3 is 2.77 bits per heavy atom. The molecule has 1 unspecified atom stereocenters. The molecule has 1 amide bonds. The van der Waals surface area contributed by atoms with E-state index in [4.69, 9.17) is 0 Å². The highest BCUT2D eigenvalue weighted by Gasteiger charge is 2.24. The van der Waals surface area contributed by atoms with Crippen molar-refractivity contribution < 1.29 is 4.79 Å². The van der Waals surface area contributed by atoms with E-state index in [2.05, 4.69) is 45.7 Å². The summed E-state index contributed by atoms with van der Waals surface area (Å²) in [4.78, 5) is 18.3. The minimum Gasteiger partial charge on any atom is -0.361 e. The second-order valence-corrected chi connectivity index (χ2v) is 7.00. The zero-order chi connectivity index (χ0) is 17.8. The second-order valence-electron chi connectivity index (χ2n) is 7.00. The third kappa shape index (κ3) is 3.65. The highest BCUT2D eigenvalue weighted by molar-refractivity contribution is 5.94. The first-order chi connectivity index (χ1) is 12.8. The molecule has 2 N–H and O–H groups in total. The normalized spacial score (nSPS) is 18.1. The predicted molar refractivity (Wildman–Crippen MR) is 105 cm³/mol. The molecule has 0 radical (unpaired) electrons. The molecule has 0 bridgehead atoms. The molecule has 1 aromatic heterocycles. The molecule has 26 heavy (non-hydrogen) atoms. The van der Waals surface area contributed by atoms with Crippen LogP contribution in [0.5, 0.6) is 0 Å². The first kappa shape index (κ1) is 16.9. The summed E-state index contributed by atoms with van der Waals surface area (Å²) in [7, 11) is 0. The number of H-pyrrole nitrogens is 1. The standard InChI is InChI=1S/C22H25N3O/c26-22(17-8-2-1-3-9-17)24-21-12-6-7-14-25(21)15-13-18-16-23-20-11-5-4-10-19(18)20/h1-5,8-11,16,21,23H,6-7,12-15H2,(H,24,26). The molecule has 1 aliphatic rings. The number of aromatic nitrogens is 1. The molecule has 4 nitrogen and oxygen atoms in total. The van der Waals surface area contributed by atoms with Gasteiger partial charge in [0.1, 0.15) is 0 Å². The topological polar surface area (TPSA) is 48.1 Å². The van der Waals surface area contributed by atoms with Crippen molar-refractivity contribution in [1.82, 2.24) is 15.2 Å². The van der Waals surface area contributed by atoms with E-state index in [9.17, 15) is 4.79 Å². The van der Waals surface area contributed by atoms with Crippen LogP contribution in [-0.4, -0.2) is 35.0 Å². The molecular weight excluding hydrogens is 322 g/mol. The fourth-order valence-electron chi connectivity index (χ4n) is 3.85. The van der Waals surface area contributed by atoms with Crippen molar-refractivity contribution in [2.45, 2.75) is 31.8 Å². The summed E-state index contributed by atoms with van der Waals surface area (Å²) >= 11 is 0. The van der Waals surface area contributed by atoms with Crippen LogP contribution in [0, 0.1) is 0 Å². The maximum absolute atomic E-state index is 12.5. The van der Waals surface area contributed by atoms with E-state index in [1.165, 1.54) is 29.3 Å². The quantitative estimate of drug-likeness (QED) is 0.734. The smallest absolute Gasteiger partial charge is 0.252 e. The summed E-state index contributed by atoms with van der Waals surface area (Å²) in [6.45, 7) is 2.00. The van der Waals surface area contributed by atoms with E-state index in [0.717, 1.165) is 31.5 Å². The third-order valence-corrected chi connectivity index (χ3v) is 5.29. The molecule has 1 atom stereocenters. The fraction of sp³-hybridized carbons (Fsp3) is 0.318. The summed E-state index contributed by atoms with van der Waals surface area (Å²) in [5, 5.41) is 4.53. The number of aromatic amines is 1. The number of hydrogen-bond acceptors (Lipinski definition) is 2. The van der Waals surface area contributed by atoms with E-state index < -0.39 is 0 Å². The van der Waals surface area contributed by atoms with Crippen molar-refractivity contribution in [3.63, 3.8) is 0 Å². The van der Waals surface area contributed by atoms with Gasteiger partial charge < -0.3 is 10.3 Å². The maximum atomic E-state index is 12.5. The summed E-state index contributed by atoms with van der Waals surface area (Å²) in [5.74, 6) is 0.0228. The van der Waals surface area contributed by atoms with Crippen LogP contribution in [0.25, 0.3) is 10.9 Å². The predicted octanol–water partition coefficient (Wildman–Crippen LogP) is 3.95. The Bertz CT molecular complexity index is 871. The van der Waals surface area contributed by atoms with E-state index in [1.807, 2.05) is 30.3 Å². The number of para-hydroxylation sites is 1. The van der Waals surface area contributed by atoms with Gasteiger partial charge in [0.25, 0.3) is 5.91 Å². The number of likely N-dealkylation sites (tertiary alicyclic amines) is 1. The summed E-state index contributed by atoms with van der Waals surface area (Å²) in [5.41, 5.74) is 3.27. The highest BCUT2D eigenvalue weighted by Crippen LogP contribution is 2.21. The first-order valence-corrected chi connectivity index (χ1v) is 9.46. The number of nitrogens with one attached hydrogen (secondary N) is 2. The molecule has 134 valence electrons. The van der Waals surface area contributed by atoms with Gasteiger partial charge >= 0.3 is 0 Å². The molecule has 1 saturated heterocycles. The van der Waals surface area contributed by atoms with Gasteiger partial charge in [0.05, 0.1) is 6.17 Å². The van der Waals surface area contributed by atoms with Gasteiger partial charge in [0.15, 0.2) is 0 Å². The number of carbonyl (C=O) groups excluding carboxylic acids is 1. The Labute approximate surface area is 154 Å². The summed E-state index contributed by atoms with van der Waals surface area (Å²) < 4.78 is 0. The lowest BCUT2D eigenvalue weighted by molar-refractivity contribution is 0.0778. The molecule has 0 saturated carbocycles. The van der Waals surface area contributed by atoms with E-state index in [0.29, 0.717) is 0 Å². The van der Waals surface area contributed by atoms with Gasteiger partial charge in [-0.15, -0.1) is 0 Å². The lowest BCUT2D eigenvalue weighted by Gasteiger charge is -2.36. The second kappa shape index (κ2) is 7.75. The van der Waals surface area contributed by atoms with Crippen LogP contribution in [0.3, 0.4) is 0 Å². The molecule has 2 heterocycles. The molecule has 1 aliphatic heterocycles. The number of hydrogen-bond donors (Lipinski definition) is 2. The van der Waals surface area contributed by atoms with Gasteiger partial charge in [0.2, 0.25) is 0 Å². The van der Waals surface area contributed by atoms with Crippen LogP contribution in [-0.2, 0) is 6.42 Å². The minimum absolute atomic E-state index is 0.0228. The molecule has 3 aromatic rings. The van der Waals surface area contributed by atoms with Gasteiger partial charge in [-0.3, -0.25) is 9.69 Å². The van der Waals surface area contributed by atoms with Crippen LogP contribution in [0.1, 0.15) is 35.2 Å². The third-order valence-electron chi connectivity index (χ3n) is 5.29. The van der Waals surface area contributed by atoms with Crippen molar-refractivity contribution in [1.29, 1.82) is 0 Å². The van der Waals surface area contributed by atoms with Crippen LogP contribution >= 0.6 is 0 Å². The average Bonchev–Trinajstić information content (AvgIpc) is 3.11. The molecule has 1 fully saturated rings. The SMILES string of the molecule is O=C(NC1CCCCN1CCc1c[nH]c2ccccc12)c1ccccc1. The number of carbonyl (C=O) groups is 1. The van der Waals surface area contributed by atoms with Crippen molar-refractivity contribution in [3.8, 4) is 0 Å². The number of piperidine rings is 1. The van der Waals surface area contributed by atoms with E-state index in [-0.39, 0.29) is 12.1 Å². The van der Waals surface area contributed by atoms with Crippen LogP contribution < -0.4 is 5.32 Å². The van der Waals surface area contributed by atoms with E-state index in [1.54, 1.807) is 0 Å². The van der Waals surface area contributed by atoms with Crippen molar-refractivity contribution in [2.75, 3.05) is 13.1 Å². The van der Waals surface area contributed by atoms with Crippen LogP contribution in [0.15, 0.2) is 60.8 Å². The number of nitrogens with zero attached hydrogens (tertiary/aromatic N) is 1. The molecule has 2 aromatic carbocycles. The molecule has 0 spiro atoms. The maximum Gasteiger partial charge on any atom is 0.252 e. The van der Waals surface area contributed by atoms with Gasteiger partial charge in [-0.1, -0.05) is 36.4 Å². The Kier molecular flexibility index (Phi) is 5.02. The zero-order valence-electron chi connectivity index (χ0n) is 14.9. The number of rotatable bonds is 5. The van der Waals surface area contributed by atoms with Crippen molar-refractivity contribution >= 4 is 16.8 Å². The monoisotopic (exact) mass is 347 g/mol. The Morgan fingerprint density at radius 2 is 1.88 bits per heavy atom. The van der Waals surface area contributed by atoms with Gasteiger partial charge in [-0.2, -0.15) is 0 Å². The average molecular weight is 347 g/mol. The molecule has 4 heteroatoms. The van der Waals surface area contributed by atoms with E-state index >= 15 is 0 Å². The number of benzene rings is 2. The molecular formula is C22H25N3O. The fourth-order valence-corrected chi connectivity index (χ4v) is 3.85. The summed E-state index contributed by atoms with van der Waals surface area (Å²) in [6, 6.07) is 17.9. The largest absolute Gasteiger partial charge is 0.361 e. The summed E-state index contributed by atoms with van der Waals surface area (Å²) in [6.07, 6.45) is 6.62. The van der Waals surface area contributed by atoms with Crippen molar-refractivity contribution in [2.24, 2.45) is 0 Å². The first-order valence-electron chi connectivity index (χ1n) is 9.46. The van der Waals surface area contributed by atoms with Crippen LogP contribution in [0.4, 0.5) is 0 Å². The lowest BCUT2D eigenvalue weighted by atomic mass is 10.1. The van der Waals surface area contributed by atoms with Gasteiger partial charge in [0, 0.05) is 35.8 Å². The van der Waals surface area contributed by atoms with Crippen LogP contribution in [0.2, 0.25) is 0 Å². The number of amides is 1. The molecule has 0 aliphatic carbocycles. The lowest BCUT2D eigenvalue weighted by Crippen LogP contribution is -2.51. The Morgan fingerprint density at radius 1 is 1.08 bits per heavy atom.